The second kappa shape index (κ2) is 4.54. The highest BCUT2D eigenvalue weighted by Crippen LogP contribution is 2.22. The highest BCUT2D eigenvalue weighted by Gasteiger charge is 2.14. The van der Waals surface area contributed by atoms with Crippen LogP contribution < -0.4 is 0 Å². The zero-order valence-corrected chi connectivity index (χ0v) is 10.5. The Labute approximate surface area is 111 Å². The van der Waals surface area contributed by atoms with Crippen LogP contribution in [0.5, 0.6) is 0 Å². The van der Waals surface area contributed by atoms with Crippen LogP contribution in [0.25, 0.3) is 16.9 Å². The molecule has 0 spiro atoms. The normalized spacial score (nSPS) is 10.5. The Morgan fingerprint density at radius 3 is 2.68 bits per heavy atom. The summed E-state index contributed by atoms with van der Waals surface area (Å²) in [6.07, 6.45) is 2.44. The highest BCUT2D eigenvalue weighted by molar-refractivity contribution is 5.66. The van der Waals surface area contributed by atoms with Crippen LogP contribution in [0.15, 0.2) is 42.6 Å². The van der Waals surface area contributed by atoms with Gasteiger partial charge in [-0.25, -0.2) is 9.50 Å². The number of hydrogen-bond acceptors (Lipinski definition) is 3. The number of aryl methyl sites for hydroxylation is 1. The van der Waals surface area contributed by atoms with Gasteiger partial charge in [0.15, 0.2) is 5.65 Å². The van der Waals surface area contributed by atoms with Gasteiger partial charge in [-0.1, -0.05) is 37.3 Å². The average Bonchev–Trinajstić information content (AvgIpc) is 2.85. The Bertz CT molecular complexity index is 766. The van der Waals surface area contributed by atoms with Gasteiger partial charge < -0.3 is 0 Å². The molecule has 0 aliphatic heterocycles. The Kier molecular flexibility index (Phi) is 2.73. The highest BCUT2D eigenvalue weighted by atomic mass is 15.3. The van der Waals surface area contributed by atoms with Crippen molar-refractivity contribution in [2.45, 2.75) is 13.3 Å². The van der Waals surface area contributed by atoms with Crippen molar-refractivity contribution in [3.05, 3.63) is 53.9 Å². The van der Waals surface area contributed by atoms with Gasteiger partial charge in [0.2, 0.25) is 0 Å². The molecule has 0 saturated heterocycles. The van der Waals surface area contributed by atoms with E-state index in [9.17, 15) is 5.26 Å². The Morgan fingerprint density at radius 2 is 2.00 bits per heavy atom. The largest absolute Gasteiger partial charge is 0.236 e. The molecule has 0 saturated carbocycles. The first-order chi connectivity index (χ1) is 9.35. The van der Waals surface area contributed by atoms with E-state index >= 15 is 0 Å². The molecule has 1 aromatic carbocycles. The number of aromatic nitrogens is 3. The molecule has 3 rings (SSSR count). The molecule has 0 amide bonds. The lowest BCUT2D eigenvalue weighted by Crippen LogP contribution is -1.95. The summed E-state index contributed by atoms with van der Waals surface area (Å²) in [5.74, 6) is 0. The minimum atomic E-state index is 0.570. The van der Waals surface area contributed by atoms with Gasteiger partial charge in [0.05, 0.1) is 11.4 Å². The van der Waals surface area contributed by atoms with Crippen molar-refractivity contribution >= 4 is 5.65 Å². The molecule has 0 N–H and O–H groups in total. The monoisotopic (exact) mass is 248 g/mol. The summed E-state index contributed by atoms with van der Waals surface area (Å²) in [5, 5.41) is 13.8. The predicted molar refractivity (Wildman–Crippen MR) is 72.5 cm³/mol. The standard InChI is InChI=1S/C15H12N4/c1-2-13-12(10-16)15-17-9-8-14(19(15)18-13)11-6-4-3-5-7-11/h3-9H,2H2,1H3. The van der Waals surface area contributed by atoms with Crippen LogP contribution in [0.3, 0.4) is 0 Å². The van der Waals surface area contributed by atoms with Gasteiger partial charge in [-0.3, -0.25) is 0 Å². The average molecular weight is 248 g/mol. The lowest BCUT2D eigenvalue weighted by Gasteiger charge is -2.03. The third-order valence-corrected chi connectivity index (χ3v) is 3.11. The second-order valence-electron chi connectivity index (χ2n) is 4.22. The van der Waals surface area contributed by atoms with Gasteiger partial charge in [0, 0.05) is 11.8 Å². The number of nitrogens with zero attached hydrogens (tertiary/aromatic N) is 4. The predicted octanol–water partition coefficient (Wildman–Crippen LogP) is 2.83. The van der Waals surface area contributed by atoms with Gasteiger partial charge >= 0.3 is 0 Å². The summed E-state index contributed by atoms with van der Waals surface area (Å²) in [4.78, 5) is 4.28. The van der Waals surface area contributed by atoms with Crippen molar-refractivity contribution < 1.29 is 0 Å². The molecule has 3 aromatic rings. The molecule has 0 aliphatic carbocycles. The van der Waals surface area contributed by atoms with Gasteiger partial charge in [0.1, 0.15) is 11.6 Å². The SMILES string of the molecule is CCc1nn2c(-c3ccccc3)ccnc2c1C#N. The maximum atomic E-state index is 9.25. The zero-order valence-electron chi connectivity index (χ0n) is 10.5. The van der Waals surface area contributed by atoms with Crippen molar-refractivity contribution in [1.29, 1.82) is 5.26 Å². The fraction of sp³-hybridized carbons (Fsp3) is 0.133. The van der Waals surface area contributed by atoms with E-state index in [2.05, 4.69) is 16.2 Å². The molecule has 0 bridgehead atoms. The van der Waals surface area contributed by atoms with E-state index in [1.54, 1.807) is 10.7 Å². The summed E-state index contributed by atoms with van der Waals surface area (Å²) in [6, 6.07) is 14.1. The van der Waals surface area contributed by atoms with Crippen LogP contribution in [-0.2, 0) is 6.42 Å². The molecule has 0 aliphatic rings. The molecular weight excluding hydrogens is 236 g/mol. The smallest absolute Gasteiger partial charge is 0.173 e. The van der Waals surface area contributed by atoms with Crippen molar-refractivity contribution in [2.75, 3.05) is 0 Å². The minimum absolute atomic E-state index is 0.570. The number of rotatable bonds is 2. The van der Waals surface area contributed by atoms with E-state index in [0.29, 0.717) is 11.2 Å². The summed E-state index contributed by atoms with van der Waals surface area (Å²) >= 11 is 0. The number of fused-ring (bicyclic) bond motifs is 1. The second-order valence-corrected chi connectivity index (χ2v) is 4.22. The molecule has 0 atom stereocenters. The molecule has 19 heavy (non-hydrogen) atoms. The van der Waals surface area contributed by atoms with Gasteiger partial charge in [-0.05, 0) is 12.5 Å². The summed E-state index contributed by atoms with van der Waals surface area (Å²) < 4.78 is 1.76. The van der Waals surface area contributed by atoms with Crippen molar-refractivity contribution in [1.82, 2.24) is 14.6 Å². The number of benzene rings is 1. The summed E-state index contributed by atoms with van der Waals surface area (Å²) in [5.41, 5.74) is 3.99. The van der Waals surface area contributed by atoms with Crippen LogP contribution in [0.4, 0.5) is 0 Å². The molecule has 4 nitrogen and oxygen atoms in total. The first kappa shape index (κ1) is 11.4. The molecular formula is C15H12N4. The minimum Gasteiger partial charge on any atom is -0.236 e. The van der Waals surface area contributed by atoms with Crippen LogP contribution in [0.1, 0.15) is 18.2 Å². The fourth-order valence-electron chi connectivity index (χ4n) is 2.18. The Balaban J connectivity index is 2.34. The van der Waals surface area contributed by atoms with E-state index < -0.39 is 0 Å². The van der Waals surface area contributed by atoms with Crippen LogP contribution in [0, 0.1) is 11.3 Å². The van der Waals surface area contributed by atoms with E-state index in [0.717, 1.165) is 23.4 Å². The van der Waals surface area contributed by atoms with Gasteiger partial charge in [0.25, 0.3) is 0 Å². The molecule has 2 aromatic heterocycles. The number of hydrogen-bond donors (Lipinski definition) is 0. The van der Waals surface area contributed by atoms with Gasteiger partial charge in [-0.2, -0.15) is 10.4 Å². The maximum Gasteiger partial charge on any atom is 0.173 e. The first-order valence-electron chi connectivity index (χ1n) is 6.17. The van der Waals surface area contributed by atoms with Gasteiger partial charge in [-0.15, -0.1) is 0 Å². The topological polar surface area (TPSA) is 54.0 Å². The Hall–Kier alpha value is -2.67. The van der Waals surface area contributed by atoms with Crippen LogP contribution >= 0.6 is 0 Å². The van der Waals surface area contributed by atoms with Crippen molar-refractivity contribution in [2.24, 2.45) is 0 Å². The zero-order chi connectivity index (χ0) is 13.2. The first-order valence-corrected chi connectivity index (χ1v) is 6.17. The Morgan fingerprint density at radius 1 is 1.21 bits per heavy atom. The van der Waals surface area contributed by atoms with E-state index in [1.165, 1.54) is 0 Å². The lowest BCUT2D eigenvalue weighted by molar-refractivity contribution is 0.893. The molecule has 4 heteroatoms. The molecule has 0 radical (unpaired) electrons. The fourth-order valence-corrected chi connectivity index (χ4v) is 2.18. The lowest BCUT2D eigenvalue weighted by atomic mass is 10.1. The van der Waals surface area contributed by atoms with E-state index in [1.807, 2.05) is 43.3 Å². The third-order valence-electron chi connectivity index (χ3n) is 3.11. The molecule has 0 unspecified atom stereocenters. The van der Waals surface area contributed by atoms with E-state index in [-0.39, 0.29) is 0 Å². The van der Waals surface area contributed by atoms with Crippen molar-refractivity contribution in [3.63, 3.8) is 0 Å². The van der Waals surface area contributed by atoms with Crippen LogP contribution in [0.2, 0.25) is 0 Å². The maximum absolute atomic E-state index is 9.25. The molecule has 0 fully saturated rings. The van der Waals surface area contributed by atoms with E-state index in [4.69, 9.17) is 0 Å². The summed E-state index contributed by atoms with van der Waals surface area (Å²) in [6.45, 7) is 1.99. The number of nitriles is 1. The van der Waals surface area contributed by atoms with Crippen LogP contribution in [-0.4, -0.2) is 14.6 Å². The molecule has 2 heterocycles. The third kappa shape index (κ3) is 1.76. The van der Waals surface area contributed by atoms with Crippen molar-refractivity contribution in [3.8, 4) is 17.3 Å². The molecule has 92 valence electrons. The summed E-state index contributed by atoms with van der Waals surface area (Å²) in [7, 11) is 0. The quantitative estimate of drug-likeness (QED) is 0.700.